The molecule has 1 amide bonds. The Balaban J connectivity index is 1.77. The average Bonchev–Trinajstić information content (AvgIpc) is 3.36. The Morgan fingerprint density at radius 1 is 0.897 bits per heavy atom. The van der Waals surface area contributed by atoms with Gasteiger partial charge in [-0.2, -0.15) is 0 Å². The quantitative estimate of drug-likeness (QED) is 0.423. The van der Waals surface area contributed by atoms with Crippen molar-refractivity contribution in [3.63, 3.8) is 0 Å². The van der Waals surface area contributed by atoms with Crippen molar-refractivity contribution in [2.24, 2.45) is 0 Å². The number of rotatable bonds is 3. The maximum Gasteiger partial charge on any atom is 0.336 e. The molecule has 0 aliphatic carbocycles. The standard InChI is InChI=1S/C23H15NO5/c1-13-8-9-14-16(12-20(25)28-19(14)11-13)22-21(15-5-2-3-6-17(15)29-22)24-23(26)18-7-4-10-27-18/h2-12H,1H3,(H,24,26). The number of carbonyl (C=O) groups excluding carboxylic acids is 1. The van der Waals surface area contributed by atoms with Gasteiger partial charge in [-0.05, 0) is 42.8 Å². The van der Waals surface area contributed by atoms with Gasteiger partial charge in [0, 0.05) is 22.4 Å². The van der Waals surface area contributed by atoms with Crippen LogP contribution in [0.2, 0.25) is 0 Å². The van der Waals surface area contributed by atoms with Crippen molar-refractivity contribution in [2.45, 2.75) is 6.92 Å². The van der Waals surface area contributed by atoms with E-state index in [0.717, 1.165) is 10.9 Å². The highest BCUT2D eigenvalue weighted by atomic mass is 16.4. The summed E-state index contributed by atoms with van der Waals surface area (Å²) in [5.74, 6) is 0.146. The van der Waals surface area contributed by atoms with E-state index in [1.54, 1.807) is 24.3 Å². The van der Waals surface area contributed by atoms with Crippen molar-refractivity contribution >= 4 is 33.5 Å². The fourth-order valence-electron chi connectivity index (χ4n) is 3.40. The number of hydrogen-bond donors (Lipinski definition) is 1. The molecule has 6 nitrogen and oxygen atoms in total. The molecule has 0 aliphatic heterocycles. The fraction of sp³-hybridized carbons (Fsp3) is 0.0435. The van der Waals surface area contributed by atoms with Crippen LogP contribution in [0.4, 0.5) is 5.69 Å². The van der Waals surface area contributed by atoms with Gasteiger partial charge in [0.05, 0.1) is 12.0 Å². The van der Waals surface area contributed by atoms with Crippen molar-refractivity contribution in [1.29, 1.82) is 0 Å². The number of anilines is 1. The van der Waals surface area contributed by atoms with Crippen molar-refractivity contribution < 1.29 is 18.0 Å². The number of furan rings is 2. The van der Waals surface area contributed by atoms with Crippen molar-refractivity contribution in [1.82, 2.24) is 0 Å². The SMILES string of the molecule is Cc1ccc2c(-c3oc4ccccc4c3NC(=O)c3ccco3)cc(=O)oc2c1. The summed E-state index contributed by atoms with van der Waals surface area (Å²) < 4.78 is 16.6. The van der Waals surface area contributed by atoms with E-state index in [2.05, 4.69) is 5.32 Å². The molecule has 3 aromatic heterocycles. The third-order valence-corrected chi connectivity index (χ3v) is 4.72. The van der Waals surface area contributed by atoms with Gasteiger partial charge in [0.25, 0.3) is 5.91 Å². The average molecular weight is 385 g/mol. The molecule has 2 aromatic carbocycles. The van der Waals surface area contributed by atoms with Crippen LogP contribution in [0.15, 0.2) is 85.0 Å². The summed E-state index contributed by atoms with van der Waals surface area (Å²) in [6, 6.07) is 17.5. The normalized spacial score (nSPS) is 11.2. The molecule has 6 heteroatoms. The second-order valence-electron chi connectivity index (χ2n) is 6.71. The monoisotopic (exact) mass is 385 g/mol. The third-order valence-electron chi connectivity index (χ3n) is 4.72. The van der Waals surface area contributed by atoms with E-state index < -0.39 is 11.5 Å². The van der Waals surface area contributed by atoms with Crippen LogP contribution in [0.1, 0.15) is 16.1 Å². The second kappa shape index (κ2) is 6.53. The number of nitrogens with one attached hydrogen (secondary N) is 1. The lowest BCUT2D eigenvalue weighted by Crippen LogP contribution is -2.11. The van der Waals surface area contributed by atoms with Gasteiger partial charge in [0.1, 0.15) is 11.2 Å². The van der Waals surface area contributed by atoms with Crippen molar-refractivity contribution in [2.75, 3.05) is 5.32 Å². The van der Waals surface area contributed by atoms with E-state index in [4.69, 9.17) is 13.3 Å². The molecule has 0 atom stereocenters. The Morgan fingerprint density at radius 3 is 2.59 bits per heavy atom. The highest BCUT2D eigenvalue weighted by Crippen LogP contribution is 2.40. The number of hydrogen-bond acceptors (Lipinski definition) is 5. The van der Waals surface area contributed by atoms with Crippen LogP contribution in [0.25, 0.3) is 33.3 Å². The van der Waals surface area contributed by atoms with Gasteiger partial charge >= 0.3 is 5.63 Å². The first-order chi connectivity index (χ1) is 14.1. The van der Waals surface area contributed by atoms with Crippen LogP contribution < -0.4 is 10.9 Å². The zero-order valence-corrected chi connectivity index (χ0v) is 15.4. The Hall–Kier alpha value is -4.06. The molecule has 5 rings (SSSR count). The Kier molecular flexibility index (Phi) is 3.84. The smallest absolute Gasteiger partial charge is 0.336 e. The molecule has 3 heterocycles. The molecular weight excluding hydrogens is 370 g/mol. The maximum absolute atomic E-state index is 12.6. The Bertz CT molecular complexity index is 1420. The minimum absolute atomic E-state index is 0.175. The summed E-state index contributed by atoms with van der Waals surface area (Å²) >= 11 is 0. The lowest BCUT2D eigenvalue weighted by atomic mass is 10.0. The van der Waals surface area contributed by atoms with Gasteiger partial charge in [-0.15, -0.1) is 0 Å². The largest absolute Gasteiger partial charge is 0.459 e. The number of benzene rings is 2. The molecule has 0 spiro atoms. The highest BCUT2D eigenvalue weighted by Gasteiger charge is 2.22. The molecule has 0 fully saturated rings. The van der Waals surface area contributed by atoms with E-state index >= 15 is 0 Å². The molecule has 1 N–H and O–H groups in total. The van der Waals surface area contributed by atoms with Gasteiger partial charge in [0.2, 0.25) is 0 Å². The molecule has 0 saturated heterocycles. The fourth-order valence-corrected chi connectivity index (χ4v) is 3.40. The number of para-hydroxylation sites is 1. The first-order valence-corrected chi connectivity index (χ1v) is 9.01. The molecule has 5 aromatic rings. The lowest BCUT2D eigenvalue weighted by Gasteiger charge is -2.07. The lowest BCUT2D eigenvalue weighted by molar-refractivity contribution is 0.0996. The minimum Gasteiger partial charge on any atom is -0.459 e. The van der Waals surface area contributed by atoms with Crippen LogP contribution in [-0.4, -0.2) is 5.91 Å². The molecule has 0 bridgehead atoms. The van der Waals surface area contributed by atoms with E-state index in [1.807, 2.05) is 37.3 Å². The summed E-state index contributed by atoms with van der Waals surface area (Å²) in [6.45, 7) is 1.92. The van der Waals surface area contributed by atoms with Crippen molar-refractivity contribution in [3.05, 3.63) is 88.7 Å². The predicted octanol–water partition coefficient (Wildman–Crippen LogP) is 5.36. The number of fused-ring (bicyclic) bond motifs is 2. The number of amides is 1. The van der Waals surface area contributed by atoms with E-state index in [1.165, 1.54) is 12.3 Å². The third kappa shape index (κ3) is 2.91. The van der Waals surface area contributed by atoms with Crippen molar-refractivity contribution in [3.8, 4) is 11.3 Å². The van der Waals surface area contributed by atoms with Gasteiger partial charge in [-0.1, -0.05) is 24.3 Å². The molecule has 0 saturated carbocycles. The molecular formula is C23H15NO5. The maximum atomic E-state index is 12.6. The molecule has 0 aliphatic rings. The topological polar surface area (TPSA) is 85.6 Å². The predicted molar refractivity (Wildman–Crippen MR) is 109 cm³/mol. The first kappa shape index (κ1) is 17.1. The summed E-state index contributed by atoms with van der Waals surface area (Å²) in [5.41, 5.74) is 2.52. The van der Waals surface area contributed by atoms with Crippen LogP contribution in [0, 0.1) is 6.92 Å². The Labute approximate surface area is 164 Å². The number of carbonyl (C=O) groups is 1. The summed E-state index contributed by atoms with van der Waals surface area (Å²) in [5, 5.41) is 4.30. The van der Waals surface area contributed by atoms with Gasteiger partial charge in [0.15, 0.2) is 11.5 Å². The second-order valence-corrected chi connectivity index (χ2v) is 6.71. The molecule has 0 unspecified atom stereocenters. The van der Waals surface area contributed by atoms with E-state index in [0.29, 0.717) is 33.6 Å². The number of aryl methyl sites for hydroxylation is 1. The molecule has 142 valence electrons. The molecule has 29 heavy (non-hydrogen) atoms. The van der Waals surface area contributed by atoms with Crippen LogP contribution in [0.3, 0.4) is 0 Å². The summed E-state index contributed by atoms with van der Waals surface area (Å²) in [7, 11) is 0. The first-order valence-electron chi connectivity index (χ1n) is 9.01. The Morgan fingerprint density at radius 2 is 1.76 bits per heavy atom. The van der Waals surface area contributed by atoms with Gasteiger partial charge < -0.3 is 18.6 Å². The van der Waals surface area contributed by atoms with Crippen LogP contribution >= 0.6 is 0 Å². The van der Waals surface area contributed by atoms with Crippen LogP contribution in [0.5, 0.6) is 0 Å². The van der Waals surface area contributed by atoms with E-state index in [-0.39, 0.29) is 5.76 Å². The zero-order valence-electron chi connectivity index (χ0n) is 15.4. The summed E-state index contributed by atoms with van der Waals surface area (Å²) in [6.07, 6.45) is 1.43. The van der Waals surface area contributed by atoms with Gasteiger partial charge in [-0.25, -0.2) is 4.79 Å². The molecule has 0 radical (unpaired) electrons. The summed E-state index contributed by atoms with van der Waals surface area (Å²) in [4.78, 5) is 24.9. The van der Waals surface area contributed by atoms with Crippen LogP contribution in [-0.2, 0) is 0 Å². The van der Waals surface area contributed by atoms with Gasteiger partial charge in [-0.3, -0.25) is 4.79 Å². The highest BCUT2D eigenvalue weighted by molar-refractivity contribution is 6.12. The minimum atomic E-state index is -0.498. The van der Waals surface area contributed by atoms with E-state index in [9.17, 15) is 9.59 Å². The zero-order chi connectivity index (χ0) is 20.0.